The number of rotatable bonds is 3. The highest BCUT2D eigenvalue weighted by Gasteiger charge is 2.20. The number of non-ortho nitro benzene ring substituents is 1. The number of aromatic nitrogens is 4. The summed E-state index contributed by atoms with van der Waals surface area (Å²) in [5.41, 5.74) is 3.44. The lowest BCUT2D eigenvalue weighted by molar-refractivity contribution is -0.384. The molecule has 3 aromatic heterocycles. The molecule has 2 aromatic carbocycles. The maximum absolute atomic E-state index is 13.6. The van der Waals surface area contributed by atoms with Gasteiger partial charge in [0, 0.05) is 29.4 Å². The molecule has 0 bridgehead atoms. The molecule has 0 unspecified atom stereocenters. The van der Waals surface area contributed by atoms with Gasteiger partial charge >= 0.3 is 0 Å². The monoisotopic (exact) mass is 397 g/mol. The Bertz CT molecular complexity index is 1490. The smallest absolute Gasteiger partial charge is 0.283 e. The van der Waals surface area contributed by atoms with E-state index >= 15 is 0 Å². The van der Waals surface area contributed by atoms with E-state index in [0.29, 0.717) is 28.1 Å². The number of hydrogen-bond donors (Lipinski definition) is 0. The van der Waals surface area contributed by atoms with Crippen LogP contribution in [-0.4, -0.2) is 24.0 Å². The van der Waals surface area contributed by atoms with Crippen LogP contribution in [-0.2, 0) is 0 Å². The molecule has 0 aliphatic heterocycles. The van der Waals surface area contributed by atoms with Crippen LogP contribution in [0.1, 0.15) is 5.56 Å². The van der Waals surface area contributed by atoms with E-state index in [4.69, 9.17) is 0 Å². The number of nitro groups is 1. The standard InChI is InChI=1S/C22H15N5O3/c1-14-11-12-23-21-18(14)19-20(22(28)26(21)16-5-3-2-4-6-16)25(13-24-19)15-7-9-17(10-8-15)27(29)30/h2-13H,1H3. The van der Waals surface area contributed by atoms with Gasteiger partial charge in [0.1, 0.15) is 23.0 Å². The Morgan fingerprint density at radius 2 is 1.67 bits per heavy atom. The highest BCUT2D eigenvalue weighted by Crippen LogP contribution is 2.27. The van der Waals surface area contributed by atoms with Gasteiger partial charge in [-0.1, -0.05) is 18.2 Å². The van der Waals surface area contributed by atoms with E-state index in [1.807, 2.05) is 43.3 Å². The third-order valence-corrected chi connectivity index (χ3v) is 5.11. The fourth-order valence-electron chi connectivity index (χ4n) is 3.69. The van der Waals surface area contributed by atoms with Gasteiger partial charge in [0.25, 0.3) is 11.2 Å². The predicted molar refractivity (Wildman–Crippen MR) is 113 cm³/mol. The Morgan fingerprint density at radius 1 is 0.933 bits per heavy atom. The number of para-hydroxylation sites is 1. The SMILES string of the molecule is Cc1ccnc2c1c1ncn(-c3ccc([N+](=O)[O-])cc3)c1c(=O)n2-c1ccccc1. The molecule has 146 valence electrons. The summed E-state index contributed by atoms with van der Waals surface area (Å²) in [5, 5.41) is 11.8. The summed E-state index contributed by atoms with van der Waals surface area (Å²) in [6.07, 6.45) is 3.24. The maximum Gasteiger partial charge on any atom is 0.283 e. The van der Waals surface area contributed by atoms with Crippen LogP contribution >= 0.6 is 0 Å². The number of benzene rings is 2. The van der Waals surface area contributed by atoms with E-state index in [9.17, 15) is 14.9 Å². The fourth-order valence-corrected chi connectivity index (χ4v) is 3.69. The quantitative estimate of drug-likeness (QED) is 0.339. The highest BCUT2D eigenvalue weighted by atomic mass is 16.6. The fraction of sp³-hybridized carbons (Fsp3) is 0.0455. The number of nitro benzene ring substituents is 1. The molecule has 5 rings (SSSR count). The third kappa shape index (κ3) is 2.58. The molecule has 8 heteroatoms. The summed E-state index contributed by atoms with van der Waals surface area (Å²) in [5.74, 6) is 0. The molecule has 0 spiro atoms. The Kier molecular flexibility index (Phi) is 3.92. The molecular formula is C22H15N5O3. The molecule has 3 heterocycles. The van der Waals surface area contributed by atoms with Crippen molar-refractivity contribution in [3.05, 3.63) is 99.2 Å². The van der Waals surface area contributed by atoms with Gasteiger partial charge in [-0.05, 0) is 42.8 Å². The number of fused-ring (bicyclic) bond motifs is 3. The summed E-state index contributed by atoms with van der Waals surface area (Å²) < 4.78 is 3.24. The average Bonchev–Trinajstić information content (AvgIpc) is 3.20. The Hall–Kier alpha value is -4.33. The molecule has 8 nitrogen and oxygen atoms in total. The first-order chi connectivity index (χ1) is 14.6. The van der Waals surface area contributed by atoms with Gasteiger partial charge in [0.15, 0.2) is 0 Å². The molecule has 0 aliphatic carbocycles. The summed E-state index contributed by atoms with van der Waals surface area (Å²) in [4.78, 5) is 33.2. The summed E-state index contributed by atoms with van der Waals surface area (Å²) >= 11 is 0. The number of imidazole rings is 1. The van der Waals surface area contributed by atoms with Gasteiger partial charge in [-0.25, -0.2) is 9.97 Å². The predicted octanol–water partition coefficient (Wildman–Crippen LogP) is 3.94. The van der Waals surface area contributed by atoms with Crippen molar-refractivity contribution in [2.45, 2.75) is 6.92 Å². The topological polar surface area (TPSA) is 95.8 Å². The zero-order chi connectivity index (χ0) is 20.8. The van der Waals surface area contributed by atoms with Gasteiger partial charge < -0.3 is 0 Å². The second-order valence-electron chi connectivity index (χ2n) is 6.89. The molecule has 0 saturated carbocycles. The number of aryl methyl sites for hydroxylation is 1. The molecule has 0 aliphatic rings. The van der Waals surface area contributed by atoms with Crippen molar-refractivity contribution >= 4 is 27.8 Å². The number of hydrogen-bond acceptors (Lipinski definition) is 5. The zero-order valence-electron chi connectivity index (χ0n) is 15.9. The molecule has 0 amide bonds. The first-order valence-electron chi connectivity index (χ1n) is 9.24. The van der Waals surface area contributed by atoms with Crippen molar-refractivity contribution in [1.82, 2.24) is 19.1 Å². The van der Waals surface area contributed by atoms with Crippen molar-refractivity contribution in [2.75, 3.05) is 0 Å². The van der Waals surface area contributed by atoms with Crippen LogP contribution < -0.4 is 5.56 Å². The lowest BCUT2D eigenvalue weighted by Gasteiger charge is -2.13. The first kappa shape index (κ1) is 17.7. The molecule has 30 heavy (non-hydrogen) atoms. The Balaban J connectivity index is 1.90. The van der Waals surface area contributed by atoms with Crippen molar-refractivity contribution < 1.29 is 4.92 Å². The largest absolute Gasteiger partial charge is 0.294 e. The van der Waals surface area contributed by atoms with E-state index in [2.05, 4.69) is 9.97 Å². The van der Waals surface area contributed by atoms with Crippen LogP contribution in [0.2, 0.25) is 0 Å². The average molecular weight is 397 g/mol. The van der Waals surface area contributed by atoms with Gasteiger partial charge in [0.05, 0.1) is 10.6 Å². The minimum absolute atomic E-state index is 0.0182. The van der Waals surface area contributed by atoms with E-state index in [0.717, 1.165) is 10.9 Å². The molecule has 0 fully saturated rings. The minimum Gasteiger partial charge on any atom is -0.294 e. The van der Waals surface area contributed by atoms with E-state index in [1.165, 1.54) is 12.1 Å². The molecule has 0 N–H and O–H groups in total. The number of pyridine rings is 2. The van der Waals surface area contributed by atoms with Crippen molar-refractivity contribution in [2.24, 2.45) is 0 Å². The molecular weight excluding hydrogens is 382 g/mol. The second-order valence-corrected chi connectivity index (χ2v) is 6.89. The first-order valence-corrected chi connectivity index (χ1v) is 9.24. The molecule has 0 atom stereocenters. The summed E-state index contributed by atoms with van der Waals surface area (Å²) in [6.45, 7) is 1.95. The Morgan fingerprint density at radius 3 is 2.37 bits per heavy atom. The van der Waals surface area contributed by atoms with E-state index in [-0.39, 0.29) is 11.2 Å². The van der Waals surface area contributed by atoms with E-state index in [1.54, 1.807) is 33.8 Å². The van der Waals surface area contributed by atoms with Crippen LogP contribution in [0.5, 0.6) is 0 Å². The van der Waals surface area contributed by atoms with Crippen molar-refractivity contribution in [1.29, 1.82) is 0 Å². The minimum atomic E-state index is -0.458. The molecule has 0 radical (unpaired) electrons. The van der Waals surface area contributed by atoms with Crippen molar-refractivity contribution in [3.63, 3.8) is 0 Å². The normalized spacial score (nSPS) is 11.2. The second kappa shape index (κ2) is 6.63. The third-order valence-electron chi connectivity index (χ3n) is 5.11. The lowest BCUT2D eigenvalue weighted by Crippen LogP contribution is -2.22. The lowest BCUT2D eigenvalue weighted by atomic mass is 10.1. The Labute approximate surface area is 169 Å². The van der Waals surface area contributed by atoms with Gasteiger partial charge in [-0.3, -0.25) is 24.0 Å². The van der Waals surface area contributed by atoms with Crippen LogP contribution in [0.25, 0.3) is 33.4 Å². The van der Waals surface area contributed by atoms with Crippen LogP contribution in [0.4, 0.5) is 5.69 Å². The van der Waals surface area contributed by atoms with Crippen LogP contribution in [0.3, 0.4) is 0 Å². The van der Waals surface area contributed by atoms with Crippen molar-refractivity contribution in [3.8, 4) is 11.4 Å². The van der Waals surface area contributed by atoms with Crippen LogP contribution in [0.15, 0.2) is 78.0 Å². The van der Waals surface area contributed by atoms with Gasteiger partial charge in [-0.2, -0.15) is 0 Å². The van der Waals surface area contributed by atoms with Gasteiger partial charge in [-0.15, -0.1) is 0 Å². The molecule has 0 saturated heterocycles. The van der Waals surface area contributed by atoms with Crippen LogP contribution in [0, 0.1) is 17.0 Å². The maximum atomic E-state index is 13.6. The summed E-state index contributed by atoms with van der Waals surface area (Å²) in [7, 11) is 0. The van der Waals surface area contributed by atoms with Gasteiger partial charge in [0.2, 0.25) is 0 Å². The molecule has 5 aromatic rings. The zero-order valence-corrected chi connectivity index (χ0v) is 15.9. The highest BCUT2D eigenvalue weighted by molar-refractivity contribution is 6.03. The summed E-state index contributed by atoms with van der Waals surface area (Å²) in [6, 6.07) is 17.2. The van der Waals surface area contributed by atoms with E-state index < -0.39 is 4.92 Å². The number of nitrogens with zero attached hydrogens (tertiary/aromatic N) is 5.